The van der Waals surface area contributed by atoms with E-state index in [4.69, 9.17) is 32.6 Å². The number of nitrogens with zero attached hydrogens (tertiary/aromatic N) is 4. The van der Waals surface area contributed by atoms with Crippen molar-refractivity contribution in [3.05, 3.63) is 142 Å². The predicted molar refractivity (Wildman–Crippen MR) is 222 cm³/mol. The van der Waals surface area contributed by atoms with Gasteiger partial charge in [0.25, 0.3) is 0 Å². The van der Waals surface area contributed by atoms with Gasteiger partial charge >= 0.3 is 0 Å². The average Bonchev–Trinajstić information content (AvgIpc) is 3.93. The number of aromatic nitrogens is 3. The lowest BCUT2D eigenvalue weighted by molar-refractivity contribution is -0.137. The topological polar surface area (TPSA) is 133 Å². The van der Waals surface area contributed by atoms with E-state index >= 15 is 9.59 Å². The molecule has 0 radical (unpaired) electrons. The van der Waals surface area contributed by atoms with Gasteiger partial charge in [0.05, 0.1) is 18.2 Å². The van der Waals surface area contributed by atoms with Gasteiger partial charge in [-0.25, -0.2) is 4.98 Å². The second-order valence-electron chi connectivity index (χ2n) is 17.4. The quantitative estimate of drug-likeness (QED) is 0.132. The van der Waals surface area contributed by atoms with Crippen molar-refractivity contribution in [2.24, 2.45) is 5.41 Å². The molecular formula is C46H48Cl2N6O4. The highest BCUT2D eigenvalue weighted by Crippen LogP contribution is 2.69. The van der Waals surface area contributed by atoms with E-state index in [-0.39, 0.29) is 34.3 Å². The van der Waals surface area contributed by atoms with E-state index in [0.717, 1.165) is 49.7 Å². The molecule has 3 aromatic carbocycles. The Hall–Kier alpha value is -4.61. The third-order valence-electron chi connectivity index (χ3n) is 13.8. The zero-order valence-corrected chi connectivity index (χ0v) is 34.2. The molecule has 9 rings (SSSR count). The van der Waals surface area contributed by atoms with Crippen LogP contribution in [0, 0.1) is 5.41 Å². The van der Waals surface area contributed by atoms with Crippen LogP contribution in [0.5, 0.6) is 0 Å². The Morgan fingerprint density at radius 1 is 0.897 bits per heavy atom. The molecule has 10 nitrogen and oxygen atoms in total. The highest BCUT2D eigenvalue weighted by molar-refractivity contribution is 6.30. The van der Waals surface area contributed by atoms with E-state index in [1.54, 1.807) is 6.07 Å². The first-order chi connectivity index (χ1) is 28.0. The summed E-state index contributed by atoms with van der Waals surface area (Å²) in [6, 6.07) is 29.0. The lowest BCUT2D eigenvalue weighted by atomic mass is 9.53. The van der Waals surface area contributed by atoms with Gasteiger partial charge in [-0.05, 0) is 91.7 Å². The highest BCUT2D eigenvalue weighted by atomic mass is 35.5. The zero-order chi connectivity index (χ0) is 40.2. The molecule has 1 unspecified atom stereocenters. The molecule has 58 heavy (non-hydrogen) atoms. The number of likely N-dealkylation sites (tertiary alicyclic amines) is 1. The van der Waals surface area contributed by atoms with Crippen LogP contribution in [-0.2, 0) is 15.0 Å². The van der Waals surface area contributed by atoms with Crippen LogP contribution in [0.15, 0.2) is 108 Å². The fourth-order valence-corrected chi connectivity index (χ4v) is 11.4. The number of fused-ring (bicyclic) bond motifs is 3. The Labute approximate surface area is 348 Å². The molecule has 300 valence electrons. The molecule has 2 aromatic heterocycles. The third kappa shape index (κ3) is 6.44. The summed E-state index contributed by atoms with van der Waals surface area (Å²) < 4.78 is 5.56. The van der Waals surface area contributed by atoms with Crippen molar-refractivity contribution in [2.45, 2.75) is 112 Å². The molecule has 12 heteroatoms. The number of carbonyl (C=O) groups is 2. The Morgan fingerprint density at radius 2 is 1.59 bits per heavy atom. The average molecular weight is 820 g/mol. The molecule has 2 amide bonds. The molecule has 4 aliphatic rings. The summed E-state index contributed by atoms with van der Waals surface area (Å²) in [5.41, 5.74) is 0.654. The first kappa shape index (κ1) is 38.9. The number of pyridine rings is 1. The van der Waals surface area contributed by atoms with Gasteiger partial charge in [-0.1, -0.05) is 116 Å². The summed E-state index contributed by atoms with van der Waals surface area (Å²) in [5.74, 6) is -0.0388. The minimum atomic E-state index is -1.35. The highest BCUT2D eigenvalue weighted by Gasteiger charge is 2.77. The maximum Gasteiger partial charge on any atom is 0.238 e. The van der Waals surface area contributed by atoms with E-state index in [2.05, 4.69) is 39.6 Å². The molecule has 3 N–H and O–H groups in total. The Morgan fingerprint density at radius 3 is 2.24 bits per heavy atom. The number of hydrogen-bond acceptors (Lipinski definition) is 8. The van der Waals surface area contributed by atoms with E-state index in [9.17, 15) is 5.11 Å². The number of anilines is 1. The number of aliphatic hydroxyl groups is 1. The van der Waals surface area contributed by atoms with Crippen LogP contribution in [0.25, 0.3) is 0 Å². The third-order valence-corrected chi connectivity index (χ3v) is 14.2. The van der Waals surface area contributed by atoms with Gasteiger partial charge in [0.2, 0.25) is 24.1 Å². The molecule has 2 saturated carbocycles. The van der Waals surface area contributed by atoms with Gasteiger partial charge in [0.1, 0.15) is 16.4 Å². The van der Waals surface area contributed by atoms with Crippen LogP contribution in [0.1, 0.15) is 117 Å². The normalized spacial score (nSPS) is 27.2. The molecule has 5 aromatic rings. The molecule has 0 bridgehead atoms. The maximum absolute atomic E-state index is 15.9. The molecule has 2 aliphatic carbocycles. The summed E-state index contributed by atoms with van der Waals surface area (Å²) in [4.78, 5) is 38.5. The Balaban J connectivity index is 1.29. The molecular weight excluding hydrogens is 771 g/mol. The maximum atomic E-state index is 15.9. The smallest absolute Gasteiger partial charge is 0.238 e. The minimum Gasteiger partial charge on any atom is -0.428 e. The molecule has 5 atom stereocenters. The number of hydrogen-bond donors (Lipinski definition) is 3. The van der Waals surface area contributed by atoms with Gasteiger partial charge in [0.15, 0.2) is 0 Å². The van der Waals surface area contributed by atoms with Crippen molar-refractivity contribution in [2.75, 3.05) is 5.32 Å². The van der Waals surface area contributed by atoms with Gasteiger partial charge < -0.3 is 20.2 Å². The molecule has 2 aliphatic heterocycles. The van der Waals surface area contributed by atoms with Gasteiger partial charge in [0, 0.05) is 34.0 Å². The Kier molecular flexibility index (Phi) is 10.2. The number of aliphatic hydroxyl groups excluding tert-OH is 1. The van der Waals surface area contributed by atoms with Gasteiger partial charge in [-0.3, -0.25) is 14.5 Å². The Bertz CT molecular complexity index is 2270. The SMILES string of the molecule is CC1(C)CCC2(CC1)N([C@H](c1ccccc1)[C@@H](O)c1ccccc1)[C@@H](C(=O)NC1CCC(c3nnco3)CC1)[C@H](c1cccc(Cl)c1)C21C(=O)Nc2nc(Cl)ccc21. The fraction of sp³-hybridized carbons (Fsp3) is 0.413. The van der Waals surface area contributed by atoms with Crippen LogP contribution >= 0.6 is 23.2 Å². The second-order valence-corrected chi connectivity index (χ2v) is 18.2. The summed E-state index contributed by atoms with van der Waals surface area (Å²) in [5, 5.41) is 28.5. The monoisotopic (exact) mass is 818 g/mol. The summed E-state index contributed by atoms with van der Waals surface area (Å²) in [7, 11) is 0. The van der Waals surface area contributed by atoms with Crippen LogP contribution < -0.4 is 10.6 Å². The molecule has 2 spiro atoms. The van der Waals surface area contributed by atoms with E-state index in [1.165, 1.54) is 6.39 Å². The van der Waals surface area contributed by atoms with Crippen molar-refractivity contribution >= 4 is 40.8 Å². The van der Waals surface area contributed by atoms with E-state index in [1.807, 2.05) is 91.0 Å². The standard InChI is InChI=1S/C46H48Cl2N6O4/c1-44(2)22-24-45(25-23-44)46(34-20-21-35(48)51-40(34)52-43(46)57)36(31-14-9-15-32(47)26-31)38(41(56)50-33-18-16-30(17-19-33)42-53-49-27-58-42)54(45)37(28-10-5-3-6-11-28)39(55)29-12-7-4-8-13-29/h3-15,20-21,26-27,30,33,36-39,55H,16-19,22-25H2,1-2H3,(H,50,56)(H,51,52,57)/t30?,33?,36-,37+,38+,39-,46?/m0/s1. The number of amides is 2. The largest absolute Gasteiger partial charge is 0.428 e. The summed E-state index contributed by atoms with van der Waals surface area (Å²) in [6.45, 7) is 4.54. The minimum absolute atomic E-state index is 0.0303. The predicted octanol–water partition coefficient (Wildman–Crippen LogP) is 9.09. The lowest BCUT2D eigenvalue weighted by Crippen LogP contribution is -2.64. The van der Waals surface area contributed by atoms with Crippen molar-refractivity contribution in [3.63, 3.8) is 0 Å². The number of benzene rings is 3. The first-order valence-corrected chi connectivity index (χ1v) is 21.1. The van der Waals surface area contributed by atoms with Crippen LogP contribution in [0.4, 0.5) is 5.82 Å². The lowest BCUT2D eigenvalue weighted by Gasteiger charge is -2.56. The summed E-state index contributed by atoms with van der Waals surface area (Å²) in [6.07, 6.45) is 6.02. The van der Waals surface area contributed by atoms with E-state index < -0.39 is 35.1 Å². The van der Waals surface area contributed by atoms with Crippen LogP contribution in [0.2, 0.25) is 10.2 Å². The fourth-order valence-electron chi connectivity index (χ4n) is 11.1. The van der Waals surface area contributed by atoms with Crippen molar-refractivity contribution in [1.82, 2.24) is 25.4 Å². The number of rotatable bonds is 8. The van der Waals surface area contributed by atoms with Crippen molar-refractivity contribution in [1.29, 1.82) is 0 Å². The van der Waals surface area contributed by atoms with Gasteiger partial charge in [-0.2, -0.15) is 0 Å². The number of halogens is 2. The van der Waals surface area contributed by atoms with Gasteiger partial charge in [-0.15, -0.1) is 10.2 Å². The van der Waals surface area contributed by atoms with E-state index in [0.29, 0.717) is 40.7 Å². The van der Waals surface area contributed by atoms with Crippen molar-refractivity contribution < 1.29 is 19.1 Å². The first-order valence-electron chi connectivity index (χ1n) is 20.4. The van der Waals surface area contributed by atoms with Crippen LogP contribution in [-0.4, -0.2) is 54.6 Å². The number of carbonyl (C=O) groups excluding carboxylic acids is 2. The molecule has 1 saturated heterocycles. The zero-order valence-electron chi connectivity index (χ0n) is 32.7. The van der Waals surface area contributed by atoms with Crippen molar-refractivity contribution in [3.8, 4) is 0 Å². The second kappa shape index (κ2) is 15.2. The molecule has 4 heterocycles. The summed E-state index contributed by atoms with van der Waals surface area (Å²) >= 11 is 13.4. The number of nitrogens with one attached hydrogen (secondary N) is 2. The molecule has 3 fully saturated rings. The van der Waals surface area contributed by atoms with Crippen LogP contribution in [0.3, 0.4) is 0 Å².